The van der Waals surface area contributed by atoms with Gasteiger partial charge >= 0.3 is 0 Å². The SMILES string of the molecule is COCCNC(=O)c1ccc(C[S@@](=O)c2ccccc2Cl)o1. The molecule has 0 radical (unpaired) electrons. The monoisotopic (exact) mass is 341 g/mol. The molecule has 0 spiro atoms. The van der Waals surface area contributed by atoms with E-state index in [9.17, 15) is 9.00 Å². The third-order valence-corrected chi connectivity index (χ3v) is 4.67. The maximum Gasteiger partial charge on any atom is 0.287 e. The van der Waals surface area contributed by atoms with Gasteiger partial charge in [-0.2, -0.15) is 0 Å². The van der Waals surface area contributed by atoms with E-state index in [2.05, 4.69) is 5.32 Å². The lowest BCUT2D eigenvalue weighted by molar-refractivity contribution is 0.0908. The van der Waals surface area contributed by atoms with Gasteiger partial charge in [0, 0.05) is 13.7 Å². The van der Waals surface area contributed by atoms with E-state index in [0.717, 1.165) is 0 Å². The van der Waals surface area contributed by atoms with Crippen LogP contribution in [0.2, 0.25) is 5.02 Å². The zero-order valence-corrected chi connectivity index (χ0v) is 13.6. The summed E-state index contributed by atoms with van der Waals surface area (Å²) in [6.07, 6.45) is 0. The molecule has 0 aliphatic heterocycles. The predicted molar refractivity (Wildman–Crippen MR) is 84.5 cm³/mol. The number of rotatable bonds is 7. The molecule has 0 aliphatic rings. The van der Waals surface area contributed by atoms with Gasteiger partial charge < -0.3 is 14.5 Å². The molecular formula is C15H16ClNO4S. The molecule has 0 saturated carbocycles. The number of halogens is 1. The largest absolute Gasteiger partial charge is 0.455 e. The van der Waals surface area contributed by atoms with Crippen LogP contribution in [0.3, 0.4) is 0 Å². The molecule has 0 unspecified atom stereocenters. The third kappa shape index (κ3) is 4.43. The highest BCUT2D eigenvalue weighted by molar-refractivity contribution is 7.84. The minimum Gasteiger partial charge on any atom is -0.455 e. The Hall–Kier alpha value is -1.63. The van der Waals surface area contributed by atoms with Crippen LogP contribution in [0.1, 0.15) is 16.3 Å². The molecule has 22 heavy (non-hydrogen) atoms. The highest BCUT2D eigenvalue weighted by atomic mass is 35.5. The van der Waals surface area contributed by atoms with Gasteiger partial charge in [0.25, 0.3) is 5.91 Å². The van der Waals surface area contributed by atoms with Gasteiger partial charge in [0.1, 0.15) is 5.76 Å². The van der Waals surface area contributed by atoms with Gasteiger partial charge in [-0.05, 0) is 24.3 Å². The van der Waals surface area contributed by atoms with Crippen LogP contribution in [0.25, 0.3) is 0 Å². The summed E-state index contributed by atoms with van der Waals surface area (Å²) in [6.45, 7) is 0.826. The number of methoxy groups -OCH3 is 1. The molecule has 0 saturated heterocycles. The maximum atomic E-state index is 12.3. The molecule has 2 rings (SSSR count). The minimum atomic E-state index is -1.33. The van der Waals surface area contributed by atoms with Gasteiger partial charge in [-0.15, -0.1) is 0 Å². The van der Waals surface area contributed by atoms with Crippen molar-refractivity contribution in [2.24, 2.45) is 0 Å². The fraction of sp³-hybridized carbons (Fsp3) is 0.267. The molecule has 7 heteroatoms. The molecule has 1 aromatic heterocycles. The molecule has 1 atom stereocenters. The standard InChI is InChI=1S/C15H16ClNO4S/c1-20-9-8-17-15(18)13-7-6-11(21-13)10-22(19)14-5-3-2-4-12(14)16/h2-7H,8-10H2,1H3,(H,17,18)/t22-/m1/s1. The van der Waals surface area contributed by atoms with E-state index in [0.29, 0.717) is 28.8 Å². The van der Waals surface area contributed by atoms with Gasteiger partial charge in [0.15, 0.2) is 5.76 Å². The molecule has 0 fully saturated rings. The highest BCUT2D eigenvalue weighted by Gasteiger charge is 2.14. The fourth-order valence-electron chi connectivity index (χ4n) is 1.77. The number of furan rings is 1. The summed E-state index contributed by atoms with van der Waals surface area (Å²) in [5.41, 5.74) is 0. The van der Waals surface area contributed by atoms with Crippen molar-refractivity contribution in [3.63, 3.8) is 0 Å². The second-order valence-corrected chi connectivity index (χ2v) is 6.26. The van der Waals surface area contributed by atoms with E-state index >= 15 is 0 Å². The number of nitrogens with one attached hydrogen (secondary N) is 1. The Kier molecular flexibility index (Phi) is 6.18. The Labute approximate surface area is 136 Å². The van der Waals surface area contributed by atoms with Crippen LogP contribution >= 0.6 is 11.6 Å². The molecule has 0 bridgehead atoms. The smallest absolute Gasteiger partial charge is 0.287 e. The number of benzene rings is 1. The van der Waals surface area contributed by atoms with Gasteiger partial charge in [-0.1, -0.05) is 23.7 Å². The molecule has 1 aromatic carbocycles. The summed E-state index contributed by atoms with van der Waals surface area (Å²) in [6, 6.07) is 10.1. The van der Waals surface area contributed by atoms with Crippen molar-refractivity contribution in [2.75, 3.05) is 20.3 Å². The zero-order valence-electron chi connectivity index (χ0n) is 12.0. The Balaban J connectivity index is 1.99. The molecule has 1 N–H and O–H groups in total. The van der Waals surface area contributed by atoms with Crippen molar-refractivity contribution >= 4 is 28.3 Å². The molecule has 0 aliphatic carbocycles. The molecular weight excluding hydrogens is 326 g/mol. The number of carbonyl (C=O) groups is 1. The lowest BCUT2D eigenvalue weighted by Crippen LogP contribution is -2.26. The normalized spacial score (nSPS) is 12.1. The van der Waals surface area contributed by atoms with Crippen molar-refractivity contribution in [1.29, 1.82) is 0 Å². The number of carbonyl (C=O) groups excluding carboxylic acids is 1. The first-order valence-corrected chi connectivity index (χ1v) is 8.30. The van der Waals surface area contributed by atoms with E-state index in [4.69, 9.17) is 20.8 Å². The van der Waals surface area contributed by atoms with Crippen LogP contribution in [0.5, 0.6) is 0 Å². The van der Waals surface area contributed by atoms with E-state index in [1.54, 1.807) is 43.5 Å². The van der Waals surface area contributed by atoms with Gasteiger partial charge in [-0.25, -0.2) is 0 Å². The number of ether oxygens (including phenoxy) is 1. The van der Waals surface area contributed by atoms with Gasteiger partial charge in [-0.3, -0.25) is 9.00 Å². The summed E-state index contributed by atoms with van der Waals surface area (Å²) in [7, 11) is 0.227. The number of hydrogen-bond acceptors (Lipinski definition) is 4. The van der Waals surface area contributed by atoms with Crippen LogP contribution < -0.4 is 5.32 Å². The Morgan fingerprint density at radius 2 is 2.09 bits per heavy atom. The highest BCUT2D eigenvalue weighted by Crippen LogP contribution is 2.22. The summed E-state index contributed by atoms with van der Waals surface area (Å²) in [4.78, 5) is 12.3. The van der Waals surface area contributed by atoms with E-state index in [1.807, 2.05) is 0 Å². The Morgan fingerprint density at radius 1 is 1.32 bits per heavy atom. The van der Waals surface area contributed by atoms with Crippen LogP contribution in [-0.2, 0) is 21.3 Å². The fourth-order valence-corrected chi connectivity index (χ4v) is 3.25. The van der Waals surface area contributed by atoms with Crippen molar-refractivity contribution < 1.29 is 18.2 Å². The lowest BCUT2D eigenvalue weighted by atomic mass is 10.4. The molecule has 118 valence electrons. The van der Waals surface area contributed by atoms with Crippen LogP contribution in [-0.4, -0.2) is 30.4 Å². The average Bonchev–Trinajstić information content (AvgIpc) is 2.96. The molecule has 1 amide bonds. The summed E-state index contributed by atoms with van der Waals surface area (Å²) < 4.78 is 22.5. The first-order chi connectivity index (χ1) is 10.6. The molecule has 2 aromatic rings. The third-order valence-electron chi connectivity index (χ3n) is 2.83. The summed E-state index contributed by atoms with van der Waals surface area (Å²) in [5.74, 6) is 0.485. The van der Waals surface area contributed by atoms with Crippen LogP contribution in [0.4, 0.5) is 0 Å². The Morgan fingerprint density at radius 3 is 2.82 bits per heavy atom. The topological polar surface area (TPSA) is 68.5 Å². The first kappa shape index (κ1) is 16.7. The van der Waals surface area contributed by atoms with Crippen molar-refractivity contribution in [3.8, 4) is 0 Å². The van der Waals surface area contributed by atoms with Gasteiger partial charge in [0.05, 0.1) is 33.1 Å². The quantitative estimate of drug-likeness (QED) is 0.786. The second-order valence-electron chi connectivity index (χ2n) is 4.43. The Bertz CT molecular complexity index is 671. The first-order valence-electron chi connectivity index (χ1n) is 6.60. The molecule has 5 nitrogen and oxygen atoms in total. The zero-order chi connectivity index (χ0) is 15.9. The minimum absolute atomic E-state index is 0.162. The van der Waals surface area contributed by atoms with E-state index < -0.39 is 10.8 Å². The van der Waals surface area contributed by atoms with Crippen LogP contribution in [0.15, 0.2) is 45.7 Å². The van der Waals surface area contributed by atoms with Crippen molar-refractivity contribution in [1.82, 2.24) is 5.32 Å². The van der Waals surface area contributed by atoms with Crippen molar-refractivity contribution in [3.05, 3.63) is 52.9 Å². The number of amides is 1. The maximum absolute atomic E-state index is 12.3. The second kappa shape index (κ2) is 8.12. The lowest BCUT2D eigenvalue weighted by Gasteiger charge is -2.03. The predicted octanol–water partition coefficient (Wildman–Crippen LogP) is 2.62. The van der Waals surface area contributed by atoms with E-state index in [1.165, 1.54) is 0 Å². The van der Waals surface area contributed by atoms with E-state index in [-0.39, 0.29) is 17.4 Å². The number of hydrogen-bond donors (Lipinski definition) is 1. The van der Waals surface area contributed by atoms with Crippen molar-refractivity contribution in [2.45, 2.75) is 10.6 Å². The van der Waals surface area contributed by atoms with Gasteiger partial charge in [0.2, 0.25) is 0 Å². The van der Waals surface area contributed by atoms with Crippen LogP contribution in [0, 0.1) is 0 Å². The summed E-state index contributed by atoms with van der Waals surface area (Å²) >= 11 is 6.01. The molecule has 1 heterocycles. The summed E-state index contributed by atoms with van der Waals surface area (Å²) in [5, 5.41) is 3.10. The average molecular weight is 342 g/mol.